The third kappa shape index (κ3) is 4.15. The number of halogens is 1. The number of carbonyl (C=O) groups excluding carboxylic acids is 3. The van der Waals surface area contributed by atoms with Gasteiger partial charge in [-0.05, 0) is 49.6 Å². The van der Waals surface area contributed by atoms with Gasteiger partial charge in [0.15, 0.2) is 5.78 Å². The van der Waals surface area contributed by atoms with Crippen LogP contribution < -0.4 is 4.72 Å². The highest BCUT2D eigenvalue weighted by Gasteiger charge is 2.31. The van der Waals surface area contributed by atoms with Gasteiger partial charge in [0.25, 0.3) is 5.91 Å². The fourth-order valence-electron chi connectivity index (χ4n) is 2.87. The predicted octanol–water partition coefficient (Wildman–Crippen LogP) is 4.50. The van der Waals surface area contributed by atoms with Crippen molar-refractivity contribution in [3.05, 3.63) is 50.9 Å². The van der Waals surface area contributed by atoms with Crippen LogP contribution in [0.4, 0.5) is 0 Å². The number of amides is 1. The van der Waals surface area contributed by atoms with Crippen molar-refractivity contribution < 1.29 is 19.1 Å². The second-order valence-corrected chi connectivity index (χ2v) is 9.01. The fraction of sp³-hybridized carbons (Fsp3) is 0.263. The summed E-state index contributed by atoms with van der Waals surface area (Å²) in [4.78, 5) is 37.7. The van der Waals surface area contributed by atoms with Crippen LogP contribution in [0.1, 0.15) is 55.7 Å². The summed E-state index contributed by atoms with van der Waals surface area (Å²) in [6.07, 6.45) is 1.78. The first-order valence-corrected chi connectivity index (χ1v) is 11.0. The first-order chi connectivity index (χ1) is 12.9. The van der Waals surface area contributed by atoms with Gasteiger partial charge in [-0.2, -0.15) is 0 Å². The fourth-order valence-corrected chi connectivity index (χ4v) is 5.68. The number of rotatable bonds is 5. The van der Waals surface area contributed by atoms with E-state index in [4.69, 9.17) is 16.3 Å². The maximum atomic E-state index is 12.5. The molecule has 0 saturated carbocycles. The molecule has 1 aliphatic rings. The van der Waals surface area contributed by atoms with Crippen LogP contribution in [0.2, 0.25) is 5.02 Å². The zero-order chi connectivity index (χ0) is 19.6. The number of esters is 1. The molecule has 27 heavy (non-hydrogen) atoms. The standard InChI is InChI=1S/C19H18ClNO4S2/c1-3-25-18(24)16-13-5-4-6-14(22)15(13)19(26-16)27(2)21-17(23)11-7-9-12(20)10-8-11/h7-10H,2-6H2,1H3,(H,21,23). The lowest BCUT2D eigenvalue weighted by molar-refractivity contribution is 0.0530. The van der Waals surface area contributed by atoms with E-state index in [1.165, 1.54) is 11.3 Å². The van der Waals surface area contributed by atoms with Crippen molar-refractivity contribution in [3.63, 3.8) is 0 Å². The van der Waals surface area contributed by atoms with Crippen LogP contribution in [0.3, 0.4) is 0 Å². The summed E-state index contributed by atoms with van der Waals surface area (Å²) in [6.45, 7) is 2.00. The molecule has 1 atom stereocenters. The van der Waals surface area contributed by atoms with Crippen LogP contribution in [-0.4, -0.2) is 30.1 Å². The van der Waals surface area contributed by atoms with Crippen LogP contribution in [-0.2, 0) is 11.2 Å². The molecule has 1 aliphatic carbocycles. The molecule has 142 valence electrons. The number of hydrogen-bond donors (Lipinski definition) is 1. The Morgan fingerprint density at radius 2 is 2.00 bits per heavy atom. The van der Waals surface area contributed by atoms with E-state index in [-0.39, 0.29) is 18.3 Å². The third-order valence-corrected chi connectivity index (χ3v) is 7.29. The zero-order valence-corrected chi connectivity index (χ0v) is 17.1. The highest BCUT2D eigenvalue weighted by atomic mass is 35.5. The van der Waals surface area contributed by atoms with Crippen molar-refractivity contribution in [2.45, 2.75) is 30.4 Å². The van der Waals surface area contributed by atoms with Crippen LogP contribution in [0.15, 0.2) is 28.5 Å². The first-order valence-electron chi connectivity index (χ1n) is 8.38. The van der Waals surface area contributed by atoms with Gasteiger partial charge in [0.2, 0.25) is 0 Å². The number of carbonyl (C=O) groups is 3. The van der Waals surface area contributed by atoms with Crippen LogP contribution in [0, 0.1) is 0 Å². The van der Waals surface area contributed by atoms with Gasteiger partial charge in [-0.3, -0.25) is 14.3 Å². The zero-order valence-electron chi connectivity index (χ0n) is 14.7. The summed E-state index contributed by atoms with van der Waals surface area (Å²) in [5.74, 6) is 3.27. The molecular weight excluding hydrogens is 406 g/mol. The summed E-state index contributed by atoms with van der Waals surface area (Å²) in [5.41, 5.74) is 1.71. The molecule has 1 heterocycles. The number of thiophene rings is 1. The van der Waals surface area contributed by atoms with Crippen molar-refractivity contribution >= 4 is 57.1 Å². The smallest absolute Gasteiger partial charge is 0.348 e. The van der Waals surface area contributed by atoms with Gasteiger partial charge in [0.1, 0.15) is 4.88 Å². The number of ketones is 1. The normalized spacial score (nSPS) is 14.4. The van der Waals surface area contributed by atoms with E-state index in [9.17, 15) is 14.4 Å². The Kier molecular flexibility index (Phi) is 6.14. The molecule has 0 fully saturated rings. The van der Waals surface area contributed by atoms with E-state index in [0.717, 1.165) is 5.56 Å². The molecule has 5 nitrogen and oxygen atoms in total. The molecule has 3 rings (SSSR count). The molecule has 1 aromatic carbocycles. The summed E-state index contributed by atoms with van der Waals surface area (Å²) in [6, 6.07) is 6.50. The van der Waals surface area contributed by atoms with Crippen molar-refractivity contribution in [1.82, 2.24) is 4.72 Å². The number of fused-ring (bicyclic) bond motifs is 1. The highest BCUT2D eigenvalue weighted by Crippen LogP contribution is 2.41. The van der Waals surface area contributed by atoms with E-state index in [0.29, 0.717) is 44.5 Å². The molecular formula is C19H18ClNO4S2. The monoisotopic (exact) mass is 423 g/mol. The Balaban J connectivity index is 1.92. The lowest BCUT2D eigenvalue weighted by atomic mass is 9.93. The van der Waals surface area contributed by atoms with E-state index >= 15 is 0 Å². The number of nitrogens with one attached hydrogen (secondary N) is 1. The average Bonchev–Trinajstić information content (AvgIpc) is 3.03. The second kappa shape index (κ2) is 8.37. The Morgan fingerprint density at radius 3 is 2.67 bits per heavy atom. The Labute approximate surface area is 168 Å². The maximum Gasteiger partial charge on any atom is 0.348 e. The molecule has 0 spiro atoms. The van der Waals surface area contributed by atoms with E-state index in [2.05, 4.69) is 10.6 Å². The Bertz CT molecular complexity index is 934. The second-order valence-electron chi connectivity index (χ2n) is 5.90. The average molecular weight is 424 g/mol. The Hall–Kier alpha value is -1.96. The molecule has 8 heteroatoms. The van der Waals surface area contributed by atoms with Crippen LogP contribution >= 0.6 is 33.6 Å². The van der Waals surface area contributed by atoms with Crippen molar-refractivity contribution in [2.75, 3.05) is 6.61 Å². The maximum absolute atomic E-state index is 12.5. The number of Topliss-reactive ketones (excluding diaryl/α,β-unsaturated/α-hetero) is 1. The SMILES string of the molecule is C=S(NC(=O)c1ccc(Cl)cc1)c1sc(C(=O)OCC)c2c1C(=O)CCC2. The Morgan fingerprint density at radius 1 is 1.30 bits per heavy atom. The lowest BCUT2D eigenvalue weighted by Gasteiger charge is -2.14. The van der Waals surface area contributed by atoms with Gasteiger partial charge in [-0.1, -0.05) is 28.1 Å². The van der Waals surface area contributed by atoms with Crippen molar-refractivity contribution in [1.29, 1.82) is 0 Å². The van der Waals surface area contributed by atoms with Gasteiger partial charge >= 0.3 is 5.97 Å². The first kappa shape index (κ1) is 19.8. The van der Waals surface area contributed by atoms with Gasteiger partial charge < -0.3 is 4.74 Å². The van der Waals surface area contributed by atoms with Crippen LogP contribution in [0.5, 0.6) is 0 Å². The molecule has 1 aromatic heterocycles. The largest absolute Gasteiger partial charge is 0.462 e. The molecule has 1 N–H and O–H groups in total. The van der Waals surface area contributed by atoms with E-state index in [1.54, 1.807) is 31.2 Å². The van der Waals surface area contributed by atoms with Crippen molar-refractivity contribution in [2.24, 2.45) is 0 Å². The molecule has 0 saturated heterocycles. The van der Waals surface area contributed by atoms with Gasteiger partial charge in [0, 0.05) is 22.6 Å². The molecule has 1 amide bonds. The minimum Gasteiger partial charge on any atom is -0.462 e. The van der Waals surface area contributed by atoms with Gasteiger partial charge in [-0.25, -0.2) is 4.79 Å². The molecule has 0 bridgehead atoms. The van der Waals surface area contributed by atoms with Crippen molar-refractivity contribution in [3.8, 4) is 0 Å². The molecule has 1 unspecified atom stereocenters. The summed E-state index contributed by atoms with van der Waals surface area (Å²) in [7, 11) is -0.972. The molecule has 0 aliphatic heterocycles. The minimum absolute atomic E-state index is 0.0139. The summed E-state index contributed by atoms with van der Waals surface area (Å²) < 4.78 is 8.58. The topological polar surface area (TPSA) is 72.5 Å². The highest BCUT2D eigenvalue weighted by molar-refractivity contribution is 8.14. The van der Waals surface area contributed by atoms with Gasteiger partial charge in [0.05, 0.1) is 10.8 Å². The van der Waals surface area contributed by atoms with Gasteiger partial charge in [-0.15, -0.1) is 11.3 Å². The third-order valence-electron chi connectivity index (χ3n) is 4.09. The summed E-state index contributed by atoms with van der Waals surface area (Å²) >= 11 is 7.04. The van der Waals surface area contributed by atoms with E-state index in [1.807, 2.05) is 0 Å². The van der Waals surface area contributed by atoms with Crippen LogP contribution in [0.25, 0.3) is 0 Å². The molecule has 0 radical (unpaired) electrons. The lowest BCUT2D eigenvalue weighted by Crippen LogP contribution is -2.18. The molecule has 2 aromatic rings. The number of ether oxygens (including phenoxy) is 1. The predicted molar refractivity (Wildman–Crippen MR) is 109 cm³/mol. The quantitative estimate of drug-likeness (QED) is 0.567. The van der Waals surface area contributed by atoms with E-state index < -0.39 is 16.6 Å². The summed E-state index contributed by atoms with van der Waals surface area (Å²) in [5, 5.41) is 0.539. The minimum atomic E-state index is -0.972. The number of benzene rings is 1. The number of hydrogen-bond acceptors (Lipinski definition) is 5.